The first-order valence-electron chi connectivity index (χ1n) is 7.59. The van der Waals surface area contributed by atoms with Gasteiger partial charge in [0.05, 0.1) is 18.4 Å². The lowest BCUT2D eigenvalue weighted by molar-refractivity contribution is 0.0600. The van der Waals surface area contributed by atoms with E-state index < -0.39 is 5.97 Å². The van der Waals surface area contributed by atoms with Gasteiger partial charge in [-0.05, 0) is 26.7 Å². The van der Waals surface area contributed by atoms with Crippen molar-refractivity contribution >= 4 is 5.97 Å². The summed E-state index contributed by atoms with van der Waals surface area (Å²) in [5.41, 5.74) is 2.63. The Bertz CT molecular complexity index is 886. The number of carbonyl (C=O) groups excluding carboxylic acids is 1. The van der Waals surface area contributed by atoms with E-state index in [1.165, 1.54) is 7.11 Å². The first-order valence-corrected chi connectivity index (χ1v) is 7.59. The number of aryl methyl sites for hydroxylation is 3. The number of nitrogens with zero attached hydrogens (tertiary/aromatic N) is 3. The fraction of sp³-hybridized carbons (Fsp3) is 0.375. The zero-order valence-electron chi connectivity index (χ0n) is 13.8. The molecule has 8 heteroatoms. The zero-order valence-corrected chi connectivity index (χ0v) is 13.8. The number of H-pyrrole nitrogens is 1. The van der Waals surface area contributed by atoms with Gasteiger partial charge in [0, 0.05) is 24.5 Å². The third-order valence-electron chi connectivity index (χ3n) is 4.04. The molecule has 0 radical (unpaired) electrons. The maximum Gasteiger partial charge on any atom is 0.341 e. The van der Waals surface area contributed by atoms with Crippen LogP contribution in [0.4, 0.5) is 0 Å². The van der Waals surface area contributed by atoms with E-state index in [0.717, 1.165) is 29.9 Å². The number of ether oxygens (including phenoxy) is 1. The van der Waals surface area contributed by atoms with Crippen molar-refractivity contribution in [3.05, 3.63) is 45.3 Å². The zero-order chi connectivity index (χ0) is 17.3. The molecule has 126 valence electrons. The maximum atomic E-state index is 11.9. The molecule has 0 aromatic carbocycles. The smallest absolute Gasteiger partial charge is 0.341 e. The highest BCUT2D eigenvalue weighted by molar-refractivity contribution is 5.95. The SMILES string of the molecule is COC(=O)c1cn(CCCc2c(C)noc2C)cc2c(=O)[nH]nc1-2. The highest BCUT2D eigenvalue weighted by Gasteiger charge is 2.21. The average molecular weight is 330 g/mol. The molecule has 1 aromatic heterocycles. The van der Waals surface area contributed by atoms with Gasteiger partial charge in [-0.2, -0.15) is 5.10 Å². The van der Waals surface area contributed by atoms with Crippen LogP contribution in [0.5, 0.6) is 0 Å². The molecule has 0 saturated carbocycles. The van der Waals surface area contributed by atoms with Gasteiger partial charge in [-0.3, -0.25) is 4.79 Å². The molecule has 0 amide bonds. The number of nitrogens with one attached hydrogen (secondary N) is 1. The molecule has 0 atom stereocenters. The van der Waals surface area contributed by atoms with Gasteiger partial charge in [0.15, 0.2) is 0 Å². The molecular formula is C16H18N4O4. The van der Waals surface area contributed by atoms with Crippen LogP contribution in [-0.2, 0) is 17.7 Å². The quantitative estimate of drug-likeness (QED) is 0.714. The molecular weight excluding hydrogens is 312 g/mol. The fourth-order valence-electron chi connectivity index (χ4n) is 2.78. The van der Waals surface area contributed by atoms with Crippen molar-refractivity contribution in [2.75, 3.05) is 7.11 Å². The Kier molecular flexibility index (Phi) is 4.20. The summed E-state index contributed by atoms with van der Waals surface area (Å²) in [6.45, 7) is 4.43. The molecule has 0 spiro atoms. The number of pyridine rings is 1. The van der Waals surface area contributed by atoms with Gasteiger partial charge in [-0.1, -0.05) is 5.16 Å². The van der Waals surface area contributed by atoms with Crippen LogP contribution in [-0.4, -0.2) is 33.0 Å². The topological polar surface area (TPSA) is 103 Å². The predicted octanol–water partition coefficient (Wildman–Crippen LogP) is 1.70. The van der Waals surface area contributed by atoms with Crippen LogP contribution in [0.2, 0.25) is 0 Å². The summed E-state index contributed by atoms with van der Waals surface area (Å²) in [5.74, 6) is 0.298. The van der Waals surface area contributed by atoms with Crippen LogP contribution in [0.25, 0.3) is 11.3 Å². The molecule has 8 nitrogen and oxygen atoms in total. The number of hydrogen-bond donors (Lipinski definition) is 1. The second-order valence-corrected chi connectivity index (χ2v) is 5.62. The monoisotopic (exact) mass is 330 g/mol. The summed E-state index contributed by atoms with van der Waals surface area (Å²) in [6.07, 6.45) is 4.96. The van der Waals surface area contributed by atoms with E-state index in [2.05, 4.69) is 15.4 Å². The van der Waals surface area contributed by atoms with Crippen molar-refractivity contribution in [3.8, 4) is 11.3 Å². The Hall–Kier alpha value is -2.90. The van der Waals surface area contributed by atoms with Crippen molar-refractivity contribution in [1.29, 1.82) is 0 Å². The van der Waals surface area contributed by atoms with E-state index in [9.17, 15) is 9.59 Å². The van der Waals surface area contributed by atoms with Gasteiger partial charge >= 0.3 is 5.97 Å². The first kappa shape index (κ1) is 16.0. The van der Waals surface area contributed by atoms with Gasteiger partial charge in [0.1, 0.15) is 17.0 Å². The second-order valence-electron chi connectivity index (χ2n) is 5.62. The molecule has 3 rings (SSSR count). The number of aromatic amines is 1. The standard InChI is InChI=1S/C16H18N4O4/c1-9-11(10(2)24-19-9)5-4-6-20-7-12-14(17-18-15(12)21)13(8-20)16(22)23-3/h7-8H,4-6H2,1-3H3,(H,18,21). The molecule has 3 heterocycles. The molecule has 0 aliphatic carbocycles. The highest BCUT2D eigenvalue weighted by Crippen LogP contribution is 2.21. The Labute approximate surface area is 137 Å². The third kappa shape index (κ3) is 2.82. The van der Waals surface area contributed by atoms with Crippen LogP contribution in [0.3, 0.4) is 0 Å². The van der Waals surface area contributed by atoms with E-state index in [-0.39, 0.29) is 11.1 Å². The molecule has 2 aliphatic rings. The maximum absolute atomic E-state index is 11.9. The van der Waals surface area contributed by atoms with Crippen molar-refractivity contribution in [2.24, 2.45) is 0 Å². The third-order valence-corrected chi connectivity index (χ3v) is 4.04. The van der Waals surface area contributed by atoms with Gasteiger partial charge in [-0.15, -0.1) is 0 Å². The van der Waals surface area contributed by atoms with Gasteiger partial charge < -0.3 is 13.8 Å². The minimum atomic E-state index is -0.522. The van der Waals surface area contributed by atoms with Crippen LogP contribution >= 0.6 is 0 Å². The summed E-state index contributed by atoms with van der Waals surface area (Å²) >= 11 is 0. The van der Waals surface area contributed by atoms with E-state index >= 15 is 0 Å². The number of rotatable bonds is 5. The average Bonchev–Trinajstić information content (AvgIpc) is 3.10. The van der Waals surface area contributed by atoms with E-state index in [0.29, 0.717) is 17.8 Å². The predicted molar refractivity (Wildman–Crippen MR) is 85.1 cm³/mol. The summed E-state index contributed by atoms with van der Waals surface area (Å²) in [4.78, 5) is 23.8. The Morgan fingerprint density at radius 3 is 2.83 bits per heavy atom. The largest absolute Gasteiger partial charge is 0.465 e. The molecule has 1 aromatic rings. The lowest BCUT2D eigenvalue weighted by Gasteiger charge is -2.11. The van der Waals surface area contributed by atoms with E-state index in [4.69, 9.17) is 9.26 Å². The Morgan fingerprint density at radius 1 is 1.38 bits per heavy atom. The van der Waals surface area contributed by atoms with E-state index in [1.54, 1.807) is 12.4 Å². The second kappa shape index (κ2) is 6.31. The highest BCUT2D eigenvalue weighted by atomic mass is 16.5. The molecule has 24 heavy (non-hydrogen) atoms. The van der Waals surface area contributed by atoms with Crippen molar-refractivity contribution in [1.82, 2.24) is 19.9 Å². The molecule has 2 aliphatic heterocycles. The van der Waals surface area contributed by atoms with Gasteiger partial charge in [0.2, 0.25) is 0 Å². The summed E-state index contributed by atoms with van der Waals surface area (Å²) in [6, 6.07) is 0. The van der Waals surface area contributed by atoms with Crippen LogP contribution in [0.15, 0.2) is 21.7 Å². The number of hydrogen-bond acceptors (Lipinski definition) is 6. The van der Waals surface area contributed by atoms with Gasteiger partial charge in [-0.25, -0.2) is 9.89 Å². The summed E-state index contributed by atoms with van der Waals surface area (Å²) in [5, 5.41) is 10.2. The Morgan fingerprint density at radius 2 is 2.17 bits per heavy atom. The number of aromatic nitrogens is 4. The van der Waals surface area contributed by atoms with Crippen LogP contribution in [0, 0.1) is 13.8 Å². The fourth-order valence-corrected chi connectivity index (χ4v) is 2.78. The Balaban J connectivity index is 1.84. The van der Waals surface area contributed by atoms with Crippen molar-refractivity contribution in [3.63, 3.8) is 0 Å². The van der Waals surface area contributed by atoms with Crippen LogP contribution < -0.4 is 5.56 Å². The molecule has 0 bridgehead atoms. The number of methoxy groups -OCH3 is 1. The number of fused-ring (bicyclic) bond motifs is 1. The van der Waals surface area contributed by atoms with Crippen molar-refractivity contribution < 1.29 is 14.1 Å². The summed E-state index contributed by atoms with van der Waals surface area (Å²) < 4.78 is 11.7. The van der Waals surface area contributed by atoms with Crippen LogP contribution in [0.1, 0.15) is 33.8 Å². The van der Waals surface area contributed by atoms with E-state index in [1.807, 2.05) is 18.4 Å². The molecule has 0 fully saturated rings. The normalized spacial score (nSPS) is 11.1. The molecule has 0 unspecified atom stereocenters. The lowest BCUT2D eigenvalue weighted by atomic mass is 10.1. The lowest BCUT2D eigenvalue weighted by Crippen LogP contribution is -2.12. The van der Waals surface area contributed by atoms with Crippen molar-refractivity contribution in [2.45, 2.75) is 33.2 Å². The molecule has 1 N–H and O–H groups in total. The number of esters is 1. The minimum Gasteiger partial charge on any atom is -0.465 e. The first-order chi connectivity index (χ1) is 11.5. The summed E-state index contributed by atoms with van der Waals surface area (Å²) in [7, 11) is 1.30. The minimum absolute atomic E-state index is 0.269. The number of carbonyl (C=O) groups is 1. The molecule has 0 saturated heterocycles. The van der Waals surface area contributed by atoms with Gasteiger partial charge in [0.25, 0.3) is 5.56 Å².